The van der Waals surface area contributed by atoms with E-state index in [1.165, 1.54) is 23.3 Å². The Hall–Kier alpha value is -1.74. The zero-order valence-electron chi connectivity index (χ0n) is 12.1. The second kappa shape index (κ2) is 5.94. The van der Waals surface area contributed by atoms with Crippen LogP contribution in [0.3, 0.4) is 0 Å². The first kappa shape index (κ1) is 14.2. The molecular formula is C18H19F2N. The summed E-state index contributed by atoms with van der Waals surface area (Å²) >= 11 is 0. The van der Waals surface area contributed by atoms with E-state index in [1.807, 2.05) is 0 Å². The fourth-order valence-corrected chi connectivity index (χ4v) is 3.16. The van der Waals surface area contributed by atoms with Gasteiger partial charge in [0.25, 0.3) is 0 Å². The van der Waals surface area contributed by atoms with Crippen LogP contribution in [-0.4, -0.2) is 13.1 Å². The molecule has 0 radical (unpaired) electrons. The third-order valence-corrected chi connectivity index (χ3v) is 4.36. The number of rotatable bonds is 2. The molecule has 2 atom stereocenters. The van der Waals surface area contributed by atoms with Crippen molar-refractivity contribution in [1.82, 2.24) is 5.32 Å². The number of benzene rings is 2. The second-order valence-corrected chi connectivity index (χ2v) is 5.79. The number of nitrogens with one attached hydrogen (secondary N) is 1. The Bertz CT molecular complexity index is 622. The van der Waals surface area contributed by atoms with Crippen LogP contribution >= 0.6 is 0 Å². The smallest absolute Gasteiger partial charge is 0.159 e. The van der Waals surface area contributed by atoms with Crippen molar-refractivity contribution in [3.8, 4) is 0 Å². The summed E-state index contributed by atoms with van der Waals surface area (Å²) < 4.78 is 26.7. The molecule has 3 heteroatoms. The lowest BCUT2D eigenvalue weighted by Crippen LogP contribution is -2.34. The zero-order chi connectivity index (χ0) is 14.8. The van der Waals surface area contributed by atoms with Crippen LogP contribution in [0.15, 0.2) is 42.5 Å². The summed E-state index contributed by atoms with van der Waals surface area (Å²) in [7, 11) is 0. The minimum Gasteiger partial charge on any atom is -0.316 e. The van der Waals surface area contributed by atoms with Crippen molar-refractivity contribution in [1.29, 1.82) is 0 Å². The van der Waals surface area contributed by atoms with Crippen molar-refractivity contribution < 1.29 is 8.78 Å². The van der Waals surface area contributed by atoms with E-state index in [1.54, 1.807) is 6.07 Å². The quantitative estimate of drug-likeness (QED) is 0.875. The van der Waals surface area contributed by atoms with Crippen LogP contribution in [0.1, 0.15) is 34.9 Å². The molecule has 1 fully saturated rings. The zero-order valence-corrected chi connectivity index (χ0v) is 12.1. The molecule has 2 unspecified atom stereocenters. The predicted molar refractivity (Wildman–Crippen MR) is 80.5 cm³/mol. The fraction of sp³-hybridized carbons (Fsp3) is 0.333. The third kappa shape index (κ3) is 2.98. The van der Waals surface area contributed by atoms with E-state index >= 15 is 0 Å². The average molecular weight is 287 g/mol. The van der Waals surface area contributed by atoms with Gasteiger partial charge in [0.2, 0.25) is 0 Å². The first-order valence-electron chi connectivity index (χ1n) is 7.37. The highest BCUT2D eigenvalue weighted by atomic mass is 19.2. The highest BCUT2D eigenvalue weighted by Gasteiger charge is 2.28. The summed E-state index contributed by atoms with van der Waals surface area (Å²) in [4.78, 5) is 0. The monoisotopic (exact) mass is 287 g/mol. The van der Waals surface area contributed by atoms with Crippen LogP contribution in [0.5, 0.6) is 0 Å². The Morgan fingerprint density at radius 2 is 1.62 bits per heavy atom. The third-order valence-electron chi connectivity index (χ3n) is 4.36. The lowest BCUT2D eigenvalue weighted by Gasteiger charge is -2.33. The van der Waals surface area contributed by atoms with E-state index in [4.69, 9.17) is 0 Å². The topological polar surface area (TPSA) is 12.0 Å². The number of hydrogen-bond acceptors (Lipinski definition) is 1. The van der Waals surface area contributed by atoms with Crippen LogP contribution in [0.25, 0.3) is 0 Å². The summed E-state index contributed by atoms with van der Waals surface area (Å²) in [6.45, 7) is 3.84. The van der Waals surface area contributed by atoms with Gasteiger partial charge in [-0.15, -0.1) is 0 Å². The van der Waals surface area contributed by atoms with E-state index in [9.17, 15) is 8.78 Å². The molecular weight excluding hydrogens is 268 g/mol. The van der Waals surface area contributed by atoms with Gasteiger partial charge in [0.15, 0.2) is 11.6 Å². The van der Waals surface area contributed by atoms with Gasteiger partial charge < -0.3 is 5.32 Å². The Morgan fingerprint density at radius 1 is 0.905 bits per heavy atom. The summed E-state index contributed by atoms with van der Waals surface area (Å²) in [6.07, 6.45) is 0.934. The molecule has 0 amide bonds. The van der Waals surface area contributed by atoms with E-state index in [2.05, 4.69) is 36.5 Å². The van der Waals surface area contributed by atoms with E-state index in [0.29, 0.717) is 5.92 Å². The predicted octanol–water partition coefficient (Wildman–Crippen LogP) is 4.13. The van der Waals surface area contributed by atoms with E-state index in [-0.39, 0.29) is 5.92 Å². The molecule has 1 aliphatic rings. The van der Waals surface area contributed by atoms with Gasteiger partial charge >= 0.3 is 0 Å². The van der Waals surface area contributed by atoms with Crippen molar-refractivity contribution in [2.75, 3.05) is 13.1 Å². The van der Waals surface area contributed by atoms with Crippen LogP contribution in [0.4, 0.5) is 8.78 Å². The van der Waals surface area contributed by atoms with Gasteiger partial charge in [-0.25, -0.2) is 8.78 Å². The molecule has 0 aromatic heterocycles. The molecule has 1 nitrogen and oxygen atoms in total. The lowest BCUT2D eigenvalue weighted by molar-refractivity contribution is 0.401. The largest absolute Gasteiger partial charge is 0.316 e. The van der Waals surface area contributed by atoms with E-state index in [0.717, 1.165) is 25.1 Å². The molecule has 0 saturated carbocycles. The molecule has 1 aliphatic heterocycles. The standard InChI is InChI=1S/C18H19F2N/c1-12-2-4-13(5-3-12)16-11-21-9-8-15(16)14-6-7-17(19)18(20)10-14/h2-7,10,15-16,21H,8-9,11H2,1H3. The Balaban J connectivity index is 1.94. The number of hydrogen-bond donors (Lipinski definition) is 1. The van der Waals surface area contributed by atoms with Crippen molar-refractivity contribution in [3.63, 3.8) is 0 Å². The van der Waals surface area contributed by atoms with Gasteiger partial charge in [0, 0.05) is 12.5 Å². The first-order valence-corrected chi connectivity index (χ1v) is 7.37. The van der Waals surface area contributed by atoms with Crippen LogP contribution in [0.2, 0.25) is 0 Å². The van der Waals surface area contributed by atoms with Gasteiger partial charge in [-0.05, 0) is 49.1 Å². The molecule has 0 bridgehead atoms. The summed E-state index contributed by atoms with van der Waals surface area (Å²) in [6, 6.07) is 12.8. The second-order valence-electron chi connectivity index (χ2n) is 5.79. The molecule has 1 saturated heterocycles. The highest BCUT2D eigenvalue weighted by Crippen LogP contribution is 2.37. The van der Waals surface area contributed by atoms with Crippen LogP contribution in [0, 0.1) is 18.6 Å². The maximum Gasteiger partial charge on any atom is 0.159 e. The Kier molecular flexibility index (Phi) is 4.02. The Labute approximate surface area is 124 Å². The molecule has 2 aromatic rings. The fourth-order valence-electron chi connectivity index (χ4n) is 3.16. The number of aryl methyl sites for hydroxylation is 1. The molecule has 0 aliphatic carbocycles. The molecule has 21 heavy (non-hydrogen) atoms. The SMILES string of the molecule is Cc1ccc(C2CNCCC2c2ccc(F)c(F)c2)cc1. The van der Waals surface area contributed by atoms with Crippen LogP contribution < -0.4 is 5.32 Å². The number of halogens is 2. The lowest BCUT2D eigenvalue weighted by atomic mass is 9.77. The van der Waals surface area contributed by atoms with Gasteiger partial charge in [0.05, 0.1) is 0 Å². The van der Waals surface area contributed by atoms with Gasteiger partial charge in [-0.2, -0.15) is 0 Å². The highest BCUT2D eigenvalue weighted by molar-refractivity contribution is 5.32. The van der Waals surface area contributed by atoms with Crippen molar-refractivity contribution in [3.05, 3.63) is 70.8 Å². The molecule has 1 N–H and O–H groups in total. The van der Waals surface area contributed by atoms with Crippen molar-refractivity contribution in [2.45, 2.75) is 25.2 Å². The van der Waals surface area contributed by atoms with Gasteiger partial charge in [-0.1, -0.05) is 35.9 Å². The Morgan fingerprint density at radius 3 is 2.33 bits per heavy atom. The molecule has 0 spiro atoms. The van der Waals surface area contributed by atoms with Crippen molar-refractivity contribution >= 4 is 0 Å². The number of piperidine rings is 1. The summed E-state index contributed by atoms with van der Waals surface area (Å²) in [5.41, 5.74) is 3.37. The van der Waals surface area contributed by atoms with Crippen LogP contribution in [-0.2, 0) is 0 Å². The normalized spacial score (nSPS) is 22.2. The summed E-state index contributed by atoms with van der Waals surface area (Å²) in [5, 5.41) is 3.41. The first-order chi connectivity index (χ1) is 10.1. The van der Waals surface area contributed by atoms with E-state index < -0.39 is 11.6 Å². The maximum absolute atomic E-state index is 13.5. The molecule has 1 heterocycles. The molecule has 110 valence electrons. The minimum atomic E-state index is -0.778. The van der Waals surface area contributed by atoms with Crippen molar-refractivity contribution in [2.24, 2.45) is 0 Å². The van der Waals surface area contributed by atoms with Gasteiger partial charge in [0.1, 0.15) is 0 Å². The van der Waals surface area contributed by atoms with Gasteiger partial charge in [-0.3, -0.25) is 0 Å². The maximum atomic E-state index is 13.5. The molecule has 3 rings (SSSR count). The minimum absolute atomic E-state index is 0.226. The molecule has 2 aromatic carbocycles. The summed E-state index contributed by atoms with van der Waals surface area (Å²) in [5.74, 6) is -1.01. The average Bonchev–Trinajstić information content (AvgIpc) is 2.51.